The van der Waals surface area contributed by atoms with E-state index in [4.69, 9.17) is 0 Å². The van der Waals surface area contributed by atoms with Crippen molar-refractivity contribution in [2.24, 2.45) is 5.41 Å². The Morgan fingerprint density at radius 1 is 1.07 bits per heavy atom. The number of hydrogen-bond donors (Lipinski definition) is 0. The van der Waals surface area contributed by atoms with Gasteiger partial charge in [0.25, 0.3) is 0 Å². The van der Waals surface area contributed by atoms with Crippen LogP contribution in [-0.2, 0) is 0 Å². The quantitative estimate of drug-likeness (QED) is 0.642. The SMILES string of the molecule is CCCCN(CCC)C1CC2(CCC2)C1. The molecule has 2 rings (SSSR count). The molecule has 2 fully saturated rings. The molecule has 0 radical (unpaired) electrons. The minimum absolute atomic E-state index is 0.850. The monoisotopic (exact) mass is 209 g/mol. The van der Waals surface area contributed by atoms with Crippen LogP contribution in [-0.4, -0.2) is 24.0 Å². The van der Waals surface area contributed by atoms with E-state index in [0.29, 0.717) is 0 Å². The fourth-order valence-electron chi connectivity index (χ4n) is 3.41. The van der Waals surface area contributed by atoms with Crippen LogP contribution in [0.1, 0.15) is 65.2 Å². The maximum Gasteiger partial charge on any atom is 0.0106 e. The highest BCUT2D eigenvalue weighted by Gasteiger charge is 2.49. The third-order valence-electron chi connectivity index (χ3n) is 4.58. The van der Waals surface area contributed by atoms with Gasteiger partial charge < -0.3 is 4.90 Å². The molecule has 0 aromatic carbocycles. The molecule has 0 amide bonds. The fraction of sp³-hybridized carbons (Fsp3) is 1.00. The molecule has 0 aliphatic heterocycles. The molecule has 0 N–H and O–H groups in total. The molecule has 0 atom stereocenters. The maximum atomic E-state index is 2.77. The van der Waals surface area contributed by atoms with Crippen LogP contribution in [0.4, 0.5) is 0 Å². The molecule has 88 valence electrons. The van der Waals surface area contributed by atoms with Crippen LogP contribution in [0.25, 0.3) is 0 Å². The first kappa shape index (κ1) is 11.4. The maximum absolute atomic E-state index is 2.77. The molecule has 2 aliphatic carbocycles. The molecule has 0 aromatic rings. The zero-order valence-electron chi connectivity index (χ0n) is 10.6. The first-order chi connectivity index (χ1) is 7.29. The van der Waals surface area contributed by atoms with Crippen molar-refractivity contribution in [1.82, 2.24) is 4.90 Å². The second-order valence-corrected chi connectivity index (χ2v) is 5.81. The molecule has 2 aliphatic rings. The average Bonchev–Trinajstić information content (AvgIpc) is 2.09. The van der Waals surface area contributed by atoms with Gasteiger partial charge in [0.1, 0.15) is 0 Å². The number of unbranched alkanes of at least 4 members (excludes halogenated alkanes) is 1. The zero-order chi connectivity index (χ0) is 10.7. The summed E-state index contributed by atoms with van der Waals surface area (Å²) in [6, 6.07) is 0.955. The van der Waals surface area contributed by atoms with Crippen LogP contribution < -0.4 is 0 Å². The van der Waals surface area contributed by atoms with Crippen molar-refractivity contribution in [1.29, 1.82) is 0 Å². The van der Waals surface area contributed by atoms with Crippen molar-refractivity contribution in [3.05, 3.63) is 0 Å². The van der Waals surface area contributed by atoms with Gasteiger partial charge in [-0.25, -0.2) is 0 Å². The molecule has 0 heterocycles. The highest BCUT2D eigenvalue weighted by molar-refractivity contribution is 5.02. The van der Waals surface area contributed by atoms with Crippen LogP contribution in [0.5, 0.6) is 0 Å². The van der Waals surface area contributed by atoms with Crippen molar-refractivity contribution >= 4 is 0 Å². The summed E-state index contributed by atoms with van der Waals surface area (Å²) in [5.41, 5.74) is 0.850. The molecule has 1 nitrogen and oxygen atoms in total. The third kappa shape index (κ3) is 2.38. The van der Waals surface area contributed by atoms with Gasteiger partial charge in [0.15, 0.2) is 0 Å². The van der Waals surface area contributed by atoms with Crippen molar-refractivity contribution in [2.45, 2.75) is 71.3 Å². The van der Waals surface area contributed by atoms with E-state index in [1.54, 1.807) is 0 Å². The number of hydrogen-bond acceptors (Lipinski definition) is 1. The summed E-state index contributed by atoms with van der Waals surface area (Å²) in [6.45, 7) is 7.31. The standard InChI is InChI=1S/C14H27N/c1-3-5-10-15(9-4-2)13-11-14(12-13)7-6-8-14/h13H,3-12H2,1-2H3. The summed E-state index contributed by atoms with van der Waals surface area (Å²) in [5.74, 6) is 0. The molecule has 0 unspecified atom stereocenters. The van der Waals surface area contributed by atoms with Gasteiger partial charge in [-0.1, -0.05) is 26.7 Å². The summed E-state index contributed by atoms with van der Waals surface area (Å²) in [7, 11) is 0. The Balaban J connectivity index is 1.74. The topological polar surface area (TPSA) is 3.24 Å². The molecule has 0 aromatic heterocycles. The summed E-state index contributed by atoms with van der Waals surface area (Å²) in [5, 5.41) is 0. The largest absolute Gasteiger partial charge is 0.300 e. The van der Waals surface area contributed by atoms with E-state index in [0.717, 1.165) is 11.5 Å². The molecule has 1 spiro atoms. The lowest BCUT2D eigenvalue weighted by Gasteiger charge is -2.57. The van der Waals surface area contributed by atoms with E-state index < -0.39 is 0 Å². The second kappa shape index (κ2) is 4.86. The normalized spacial score (nSPS) is 24.2. The van der Waals surface area contributed by atoms with Crippen molar-refractivity contribution < 1.29 is 0 Å². The van der Waals surface area contributed by atoms with E-state index in [-0.39, 0.29) is 0 Å². The smallest absolute Gasteiger partial charge is 0.0106 e. The first-order valence-electron chi connectivity index (χ1n) is 7.04. The second-order valence-electron chi connectivity index (χ2n) is 5.81. The van der Waals surface area contributed by atoms with Crippen LogP contribution in [0, 0.1) is 5.41 Å². The predicted molar refractivity (Wildman–Crippen MR) is 66.1 cm³/mol. The number of nitrogens with zero attached hydrogens (tertiary/aromatic N) is 1. The van der Waals surface area contributed by atoms with Gasteiger partial charge in [-0.2, -0.15) is 0 Å². The lowest BCUT2D eigenvalue weighted by atomic mass is 9.54. The Labute approximate surface area is 95.2 Å². The van der Waals surface area contributed by atoms with Gasteiger partial charge in [0, 0.05) is 6.04 Å². The lowest BCUT2D eigenvalue weighted by molar-refractivity contribution is -0.0551. The highest BCUT2D eigenvalue weighted by atomic mass is 15.2. The van der Waals surface area contributed by atoms with E-state index in [9.17, 15) is 0 Å². The van der Waals surface area contributed by atoms with Crippen LogP contribution in [0.15, 0.2) is 0 Å². The van der Waals surface area contributed by atoms with Crippen molar-refractivity contribution in [2.75, 3.05) is 13.1 Å². The third-order valence-corrected chi connectivity index (χ3v) is 4.58. The summed E-state index contributed by atoms with van der Waals surface area (Å²) in [4.78, 5) is 2.77. The molecule has 1 heteroatoms. The molecule has 0 bridgehead atoms. The minimum Gasteiger partial charge on any atom is -0.300 e. The van der Waals surface area contributed by atoms with Gasteiger partial charge in [0.2, 0.25) is 0 Å². The molecule has 15 heavy (non-hydrogen) atoms. The Bertz CT molecular complexity index is 188. The van der Waals surface area contributed by atoms with Crippen LogP contribution in [0.3, 0.4) is 0 Å². The first-order valence-corrected chi connectivity index (χ1v) is 7.04. The molecular formula is C14H27N. The van der Waals surface area contributed by atoms with Crippen LogP contribution in [0.2, 0.25) is 0 Å². The van der Waals surface area contributed by atoms with E-state index in [1.165, 1.54) is 64.5 Å². The summed E-state index contributed by atoms with van der Waals surface area (Å²) >= 11 is 0. The van der Waals surface area contributed by atoms with Crippen molar-refractivity contribution in [3.63, 3.8) is 0 Å². The van der Waals surface area contributed by atoms with Crippen LogP contribution >= 0.6 is 0 Å². The van der Waals surface area contributed by atoms with E-state index >= 15 is 0 Å². The zero-order valence-corrected chi connectivity index (χ0v) is 10.6. The Morgan fingerprint density at radius 3 is 2.27 bits per heavy atom. The predicted octanol–water partition coefficient (Wildman–Crippen LogP) is 3.83. The average molecular weight is 209 g/mol. The van der Waals surface area contributed by atoms with E-state index in [1.807, 2.05) is 0 Å². The van der Waals surface area contributed by atoms with Gasteiger partial charge >= 0.3 is 0 Å². The summed E-state index contributed by atoms with van der Waals surface area (Å²) in [6.07, 6.45) is 11.7. The lowest BCUT2D eigenvalue weighted by Crippen LogP contribution is -2.54. The van der Waals surface area contributed by atoms with Gasteiger partial charge in [-0.05, 0) is 57.0 Å². The molecule has 2 saturated carbocycles. The Morgan fingerprint density at radius 2 is 1.80 bits per heavy atom. The van der Waals surface area contributed by atoms with Gasteiger partial charge in [-0.3, -0.25) is 0 Å². The number of rotatable bonds is 6. The van der Waals surface area contributed by atoms with Crippen molar-refractivity contribution in [3.8, 4) is 0 Å². The Kier molecular flexibility index (Phi) is 3.71. The summed E-state index contributed by atoms with van der Waals surface area (Å²) < 4.78 is 0. The Hall–Kier alpha value is -0.0400. The van der Waals surface area contributed by atoms with E-state index in [2.05, 4.69) is 18.7 Å². The van der Waals surface area contributed by atoms with Gasteiger partial charge in [0.05, 0.1) is 0 Å². The highest BCUT2D eigenvalue weighted by Crippen LogP contribution is 2.57. The molecule has 0 saturated heterocycles. The minimum atomic E-state index is 0.850. The molecular weight excluding hydrogens is 182 g/mol. The fourth-order valence-corrected chi connectivity index (χ4v) is 3.41. The van der Waals surface area contributed by atoms with Gasteiger partial charge in [-0.15, -0.1) is 0 Å².